The number of thiophene rings is 1. The summed E-state index contributed by atoms with van der Waals surface area (Å²) in [5.74, 6) is 0. The molecule has 0 amide bonds. The molecule has 0 aliphatic carbocycles. The van der Waals surface area contributed by atoms with Crippen LogP contribution in [0, 0.1) is 13.8 Å². The van der Waals surface area contributed by atoms with Gasteiger partial charge in [0.1, 0.15) is 0 Å². The molecule has 0 aliphatic rings. The molecule has 0 fully saturated rings. The number of aryl methyl sites for hydroxylation is 2. The number of hydrogen-bond donors (Lipinski definition) is 0. The quantitative estimate of drug-likeness (QED) is 0.473. The van der Waals surface area contributed by atoms with Crippen molar-refractivity contribution in [3.8, 4) is 0 Å². The van der Waals surface area contributed by atoms with Crippen LogP contribution < -0.4 is 0 Å². The Labute approximate surface area is 133 Å². The highest BCUT2D eigenvalue weighted by Crippen LogP contribution is 2.40. The Hall–Kier alpha value is -1.02. The molecule has 0 nitrogen and oxygen atoms in total. The molecule has 0 spiro atoms. The fourth-order valence-corrected chi connectivity index (χ4v) is 4.10. The van der Waals surface area contributed by atoms with Gasteiger partial charge < -0.3 is 0 Å². The maximum Gasteiger partial charge on any atom is 0.0942 e. The number of halogens is 2. The fraction of sp³-hybridized carbons (Fsp3) is 0.176. The van der Waals surface area contributed by atoms with Crippen LogP contribution in [0.4, 0.5) is 0 Å². The molecule has 1 aromatic heterocycles. The zero-order chi connectivity index (χ0) is 14.3. The first-order chi connectivity index (χ1) is 9.56. The number of rotatable bonds is 2. The Kier molecular flexibility index (Phi) is 3.76. The smallest absolute Gasteiger partial charge is 0.0942 e. The normalized spacial score (nSPS) is 12.8. The van der Waals surface area contributed by atoms with E-state index in [2.05, 4.69) is 44.2 Å². The second-order valence-corrected chi connectivity index (χ2v) is 6.97. The third-order valence-corrected chi connectivity index (χ3v) is 5.69. The minimum absolute atomic E-state index is 0.195. The van der Waals surface area contributed by atoms with Gasteiger partial charge in [-0.25, -0.2) is 0 Å². The third kappa shape index (κ3) is 2.46. The average Bonchev–Trinajstić information content (AvgIpc) is 2.86. The molecule has 20 heavy (non-hydrogen) atoms. The summed E-state index contributed by atoms with van der Waals surface area (Å²) >= 11 is 14.8. The number of fused-ring (bicyclic) bond motifs is 1. The molecule has 0 aliphatic heterocycles. The van der Waals surface area contributed by atoms with Crippen molar-refractivity contribution >= 4 is 44.6 Å². The molecule has 102 valence electrons. The SMILES string of the molecule is Cc1cc(Cl)c(C(Cl)c2cc3ccccc3s2)cc1C. The van der Waals surface area contributed by atoms with Crippen LogP contribution in [0.3, 0.4) is 0 Å². The minimum Gasteiger partial charge on any atom is -0.138 e. The van der Waals surface area contributed by atoms with Crippen molar-refractivity contribution in [3.63, 3.8) is 0 Å². The van der Waals surface area contributed by atoms with Gasteiger partial charge in [-0.3, -0.25) is 0 Å². The topological polar surface area (TPSA) is 0 Å². The molecular weight excluding hydrogens is 307 g/mol. The summed E-state index contributed by atoms with van der Waals surface area (Å²) < 4.78 is 1.26. The van der Waals surface area contributed by atoms with Gasteiger partial charge in [-0.2, -0.15) is 0 Å². The van der Waals surface area contributed by atoms with E-state index in [-0.39, 0.29) is 5.38 Å². The van der Waals surface area contributed by atoms with Gasteiger partial charge in [0.15, 0.2) is 0 Å². The van der Waals surface area contributed by atoms with Crippen molar-refractivity contribution < 1.29 is 0 Å². The Bertz CT molecular complexity index is 741. The standard InChI is InChI=1S/C17H14Cl2S/c1-10-7-13(14(18)8-11(10)2)17(19)16-9-12-5-3-4-6-15(12)20-16/h3-9,17H,1-2H3. The van der Waals surface area contributed by atoms with E-state index in [1.54, 1.807) is 11.3 Å². The monoisotopic (exact) mass is 320 g/mol. The highest BCUT2D eigenvalue weighted by Gasteiger charge is 2.17. The molecule has 3 rings (SSSR count). The van der Waals surface area contributed by atoms with E-state index in [0.29, 0.717) is 0 Å². The van der Waals surface area contributed by atoms with E-state index in [0.717, 1.165) is 15.5 Å². The molecule has 3 heteroatoms. The Morgan fingerprint density at radius 1 is 1.00 bits per heavy atom. The van der Waals surface area contributed by atoms with Crippen molar-refractivity contribution in [2.75, 3.05) is 0 Å². The molecule has 3 aromatic rings. The Morgan fingerprint density at radius 3 is 2.45 bits per heavy atom. The molecule has 0 bridgehead atoms. The fourth-order valence-electron chi connectivity index (χ4n) is 2.28. The third-order valence-electron chi connectivity index (χ3n) is 3.58. The summed E-state index contributed by atoms with van der Waals surface area (Å²) in [6.07, 6.45) is 0. The summed E-state index contributed by atoms with van der Waals surface area (Å²) in [6, 6.07) is 14.6. The minimum atomic E-state index is -0.195. The number of alkyl halides is 1. The van der Waals surface area contributed by atoms with Gasteiger partial charge in [0, 0.05) is 14.6 Å². The molecule has 1 atom stereocenters. The lowest BCUT2D eigenvalue weighted by molar-refractivity contribution is 1.16. The van der Waals surface area contributed by atoms with Gasteiger partial charge in [0.25, 0.3) is 0 Å². The lowest BCUT2D eigenvalue weighted by Gasteiger charge is -2.12. The van der Waals surface area contributed by atoms with Crippen LogP contribution in [-0.2, 0) is 0 Å². The second kappa shape index (κ2) is 5.40. The van der Waals surface area contributed by atoms with Crippen LogP contribution in [0.1, 0.15) is 26.9 Å². The lowest BCUT2D eigenvalue weighted by Crippen LogP contribution is -1.94. The van der Waals surface area contributed by atoms with Crippen LogP contribution in [0.15, 0.2) is 42.5 Å². The zero-order valence-corrected chi connectivity index (χ0v) is 13.6. The predicted molar refractivity (Wildman–Crippen MR) is 90.4 cm³/mol. The molecule has 0 saturated heterocycles. The summed E-state index contributed by atoms with van der Waals surface area (Å²) in [7, 11) is 0. The van der Waals surface area contributed by atoms with Gasteiger partial charge in [-0.1, -0.05) is 35.9 Å². The van der Waals surface area contributed by atoms with Gasteiger partial charge in [-0.05, 0) is 54.1 Å². The molecule has 1 heterocycles. The van der Waals surface area contributed by atoms with E-state index in [1.807, 2.05) is 12.1 Å². The maximum absolute atomic E-state index is 6.66. The second-order valence-electron chi connectivity index (χ2n) is 5.01. The molecule has 0 N–H and O–H groups in total. The first-order valence-corrected chi connectivity index (χ1v) is 8.08. The predicted octanol–water partition coefficient (Wildman–Crippen LogP) is 6.50. The average molecular weight is 321 g/mol. The van der Waals surface area contributed by atoms with Gasteiger partial charge in [0.05, 0.1) is 5.38 Å². The van der Waals surface area contributed by atoms with E-state index < -0.39 is 0 Å². The lowest BCUT2D eigenvalue weighted by atomic mass is 10.0. The molecule has 2 aromatic carbocycles. The summed E-state index contributed by atoms with van der Waals surface area (Å²) in [5, 5.41) is 1.78. The molecule has 1 unspecified atom stereocenters. The highest BCUT2D eigenvalue weighted by atomic mass is 35.5. The summed E-state index contributed by atoms with van der Waals surface area (Å²) in [5.41, 5.74) is 3.40. The molecular formula is C17H14Cl2S. The van der Waals surface area contributed by atoms with Gasteiger partial charge in [-0.15, -0.1) is 22.9 Å². The van der Waals surface area contributed by atoms with E-state index in [4.69, 9.17) is 23.2 Å². The molecule has 0 saturated carbocycles. The summed E-state index contributed by atoms with van der Waals surface area (Å²) in [4.78, 5) is 1.14. The summed E-state index contributed by atoms with van der Waals surface area (Å²) in [6.45, 7) is 4.15. The van der Waals surface area contributed by atoms with Crippen LogP contribution in [0.2, 0.25) is 5.02 Å². The van der Waals surface area contributed by atoms with Crippen molar-refractivity contribution in [1.29, 1.82) is 0 Å². The van der Waals surface area contributed by atoms with Crippen molar-refractivity contribution in [2.45, 2.75) is 19.2 Å². The van der Waals surface area contributed by atoms with Crippen LogP contribution in [0.25, 0.3) is 10.1 Å². The first kappa shape index (κ1) is 13.9. The van der Waals surface area contributed by atoms with E-state index >= 15 is 0 Å². The molecule has 0 radical (unpaired) electrons. The van der Waals surface area contributed by atoms with E-state index in [9.17, 15) is 0 Å². The van der Waals surface area contributed by atoms with Gasteiger partial charge in [0.2, 0.25) is 0 Å². The largest absolute Gasteiger partial charge is 0.138 e. The van der Waals surface area contributed by atoms with Crippen LogP contribution in [-0.4, -0.2) is 0 Å². The van der Waals surface area contributed by atoms with Crippen molar-refractivity contribution in [3.05, 3.63) is 69.1 Å². The number of hydrogen-bond acceptors (Lipinski definition) is 1. The van der Waals surface area contributed by atoms with Crippen LogP contribution >= 0.6 is 34.5 Å². The van der Waals surface area contributed by atoms with Crippen molar-refractivity contribution in [1.82, 2.24) is 0 Å². The van der Waals surface area contributed by atoms with Crippen molar-refractivity contribution in [2.24, 2.45) is 0 Å². The maximum atomic E-state index is 6.66. The Morgan fingerprint density at radius 2 is 1.70 bits per heavy atom. The van der Waals surface area contributed by atoms with E-state index in [1.165, 1.54) is 21.2 Å². The zero-order valence-electron chi connectivity index (χ0n) is 11.3. The first-order valence-electron chi connectivity index (χ1n) is 6.45. The van der Waals surface area contributed by atoms with Crippen LogP contribution in [0.5, 0.6) is 0 Å². The number of benzene rings is 2. The Balaban J connectivity index is 2.07. The van der Waals surface area contributed by atoms with Gasteiger partial charge >= 0.3 is 0 Å². The highest BCUT2D eigenvalue weighted by molar-refractivity contribution is 7.19.